The zero-order valence-corrected chi connectivity index (χ0v) is 7.67. The van der Waals surface area contributed by atoms with Gasteiger partial charge in [-0.15, -0.1) is 0 Å². The Balaban J connectivity index is 2.05. The van der Waals surface area contributed by atoms with Gasteiger partial charge in [-0.1, -0.05) is 0 Å². The molecule has 0 radical (unpaired) electrons. The largest absolute Gasteiger partial charge is 0.509 e. The summed E-state index contributed by atoms with van der Waals surface area (Å²) in [5, 5.41) is 0. The van der Waals surface area contributed by atoms with Crippen LogP contribution < -0.4 is 0 Å². The summed E-state index contributed by atoms with van der Waals surface area (Å²) in [5.74, 6) is 0. The number of carbonyl (C=O) groups excluding carboxylic acids is 1. The van der Waals surface area contributed by atoms with Gasteiger partial charge in [-0.3, -0.25) is 0 Å². The molecule has 1 aliphatic carbocycles. The first-order chi connectivity index (χ1) is 4.83. The Labute approximate surface area is 73.2 Å². The highest BCUT2D eigenvalue weighted by Crippen LogP contribution is 2.22. The van der Waals surface area contributed by atoms with Crippen molar-refractivity contribution < 1.29 is 14.3 Å². The molecule has 0 aromatic rings. The Morgan fingerprint density at radius 2 is 2.30 bits per heavy atom. The van der Waals surface area contributed by atoms with E-state index in [1.807, 2.05) is 22.6 Å². The van der Waals surface area contributed by atoms with Crippen LogP contribution in [-0.2, 0) is 9.47 Å². The fourth-order valence-corrected chi connectivity index (χ4v) is 0.958. The average Bonchev–Trinajstić information content (AvgIpc) is 1.80. The van der Waals surface area contributed by atoms with Gasteiger partial charge in [-0.25, -0.2) is 4.79 Å². The van der Waals surface area contributed by atoms with Crippen LogP contribution >= 0.6 is 22.6 Å². The summed E-state index contributed by atoms with van der Waals surface area (Å²) in [7, 11) is 0. The number of hydrogen-bond donors (Lipinski definition) is 0. The van der Waals surface area contributed by atoms with Gasteiger partial charge in [0.05, 0.1) is 0 Å². The first-order valence-electron chi connectivity index (χ1n) is 3.22. The topological polar surface area (TPSA) is 35.5 Å². The third kappa shape index (κ3) is 2.32. The zero-order chi connectivity index (χ0) is 7.40. The quantitative estimate of drug-likeness (QED) is 0.431. The average molecular weight is 256 g/mol. The summed E-state index contributed by atoms with van der Waals surface area (Å²) < 4.78 is 9.80. The van der Waals surface area contributed by atoms with E-state index in [-0.39, 0.29) is 6.10 Å². The van der Waals surface area contributed by atoms with Crippen molar-refractivity contribution in [3.05, 3.63) is 0 Å². The number of ether oxygens (including phenoxy) is 2. The van der Waals surface area contributed by atoms with Crippen LogP contribution in [0.4, 0.5) is 4.79 Å². The van der Waals surface area contributed by atoms with Crippen molar-refractivity contribution in [2.75, 3.05) is 4.61 Å². The van der Waals surface area contributed by atoms with Crippen LogP contribution in [0.3, 0.4) is 0 Å². The Morgan fingerprint density at radius 1 is 1.60 bits per heavy atom. The molecule has 4 heteroatoms. The van der Waals surface area contributed by atoms with E-state index in [1.54, 1.807) is 0 Å². The van der Waals surface area contributed by atoms with Gasteiger partial charge < -0.3 is 9.47 Å². The van der Waals surface area contributed by atoms with Crippen LogP contribution in [0.15, 0.2) is 0 Å². The van der Waals surface area contributed by atoms with E-state index in [9.17, 15) is 4.79 Å². The fraction of sp³-hybridized carbons (Fsp3) is 0.833. The molecular weight excluding hydrogens is 247 g/mol. The number of halogens is 1. The Kier molecular flexibility index (Phi) is 3.24. The fourth-order valence-electron chi connectivity index (χ4n) is 0.703. The van der Waals surface area contributed by atoms with Gasteiger partial charge in [0.1, 0.15) is 10.7 Å². The minimum atomic E-state index is -0.529. The minimum absolute atomic E-state index is 0.135. The maximum atomic E-state index is 10.6. The molecule has 0 aromatic carbocycles. The van der Waals surface area contributed by atoms with Crippen molar-refractivity contribution in [1.29, 1.82) is 0 Å². The molecule has 10 heavy (non-hydrogen) atoms. The molecule has 0 aliphatic heterocycles. The standard InChI is InChI=1S/C6H9IO3/c7-4-9-6(8)10-5-2-1-3-5/h5H,1-4H2. The van der Waals surface area contributed by atoms with Crippen molar-refractivity contribution in [2.24, 2.45) is 0 Å². The molecule has 1 rings (SSSR count). The first-order valence-corrected chi connectivity index (χ1v) is 4.75. The van der Waals surface area contributed by atoms with E-state index in [4.69, 9.17) is 4.74 Å². The third-order valence-corrected chi connectivity index (χ3v) is 1.80. The molecule has 0 N–H and O–H groups in total. The predicted octanol–water partition coefficient (Wildman–Crippen LogP) is 2.08. The molecule has 0 bridgehead atoms. The Bertz CT molecular complexity index is 122. The van der Waals surface area contributed by atoms with Crippen LogP contribution in [0.1, 0.15) is 19.3 Å². The van der Waals surface area contributed by atoms with Crippen LogP contribution in [0.25, 0.3) is 0 Å². The molecule has 0 heterocycles. The van der Waals surface area contributed by atoms with E-state index >= 15 is 0 Å². The highest BCUT2D eigenvalue weighted by Gasteiger charge is 2.21. The smallest absolute Gasteiger partial charge is 0.431 e. The maximum Gasteiger partial charge on any atom is 0.509 e. The molecule has 1 aliphatic rings. The lowest BCUT2D eigenvalue weighted by Gasteiger charge is -2.24. The summed E-state index contributed by atoms with van der Waals surface area (Å²) in [5.41, 5.74) is 0. The van der Waals surface area contributed by atoms with Gasteiger partial charge >= 0.3 is 6.16 Å². The van der Waals surface area contributed by atoms with Crippen LogP contribution in [0.2, 0.25) is 0 Å². The Morgan fingerprint density at radius 3 is 2.70 bits per heavy atom. The highest BCUT2D eigenvalue weighted by atomic mass is 127. The number of rotatable bonds is 2. The Hall–Kier alpha value is -0.0000000000000000555. The van der Waals surface area contributed by atoms with Crippen LogP contribution in [0, 0.1) is 0 Å². The van der Waals surface area contributed by atoms with Gasteiger partial charge in [0, 0.05) is 0 Å². The van der Waals surface area contributed by atoms with Crippen molar-refractivity contribution in [3.63, 3.8) is 0 Å². The highest BCUT2D eigenvalue weighted by molar-refractivity contribution is 14.1. The lowest BCUT2D eigenvalue weighted by molar-refractivity contribution is 0.00522. The first kappa shape index (κ1) is 8.10. The van der Waals surface area contributed by atoms with Crippen LogP contribution in [-0.4, -0.2) is 16.9 Å². The molecule has 0 atom stereocenters. The second-order valence-electron chi connectivity index (χ2n) is 2.17. The lowest BCUT2D eigenvalue weighted by atomic mass is 9.96. The lowest BCUT2D eigenvalue weighted by Crippen LogP contribution is -2.25. The van der Waals surface area contributed by atoms with Gasteiger partial charge in [0.2, 0.25) is 0 Å². The van der Waals surface area contributed by atoms with E-state index in [0.717, 1.165) is 12.8 Å². The molecule has 58 valence electrons. The summed E-state index contributed by atoms with van der Waals surface area (Å²) >= 11 is 1.96. The molecule has 0 amide bonds. The summed E-state index contributed by atoms with van der Waals surface area (Å²) in [6.07, 6.45) is 2.77. The molecular formula is C6H9IO3. The normalized spacial score (nSPS) is 17.7. The minimum Gasteiger partial charge on any atom is -0.431 e. The van der Waals surface area contributed by atoms with E-state index in [0.29, 0.717) is 4.61 Å². The molecule has 0 unspecified atom stereocenters. The zero-order valence-electron chi connectivity index (χ0n) is 5.51. The van der Waals surface area contributed by atoms with E-state index in [2.05, 4.69) is 4.74 Å². The SMILES string of the molecule is O=C(OCI)OC1CCC1. The second kappa shape index (κ2) is 4.00. The summed E-state index contributed by atoms with van der Waals surface area (Å²) in [6.45, 7) is 0. The van der Waals surface area contributed by atoms with Gasteiger partial charge in [-0.2, -0.15) is 0 Å². The molecule has 3 nitrogen and oxygen atoms in total. The van der Waals surface area contributed by atoms with E-state index in [1.165, 1.54) is 6.42 Å². The second-order valence-corrected chi connectivity index (χ2v) is 2.80. The summed E-state index contributed by atoms with van der Waals surface area (Å²) in [6, 6.07) is 0. The molecule has 1 saturated carbocycles. The van der Waals surface area contributed by atoms with Crippen LogP contribution in [0.5, 0.6) is 0 Å². The van der Waals surface area contributed by atoms with Crippen molar-refractivity contribution in [2.45, 2.75) is 25.4 Å². The molecule has 0 saturated heterocycles. The third-order valence-electron chi connectivity index (χ3n) is 1.49. The van der Waals surface area contributed by atoms with Crippen molar-refractivity contribution in [3.8, 4) is 0 Å². The van der Waals surface area contributed by atoms with Crippen molar-refractivity contribution in [1.82, 2.24) is 0 Å². The predicted molar refractivity (Wildman–Crippen MR) is 44.1 cm³/mol. The van der Waals surface area contributed by atoms with E-state index < -0.39 is 6.16 Å². The molecule has 1 fully saturated rings. The van der Waals surface area contributed by atoms with Gasteiger partial charge in [-0.05, 0) is 41.9 Å². The molecule has 0 spiro atoms. The number of alkyl halides is 1. The number of hydrogen-bond acceptors (Lipinski definition) is 3. The maximum absolute atomic E-state index is 10.6. The summed E-state index contributed by atoms with van der Waals surface area (Å²) in [4.78, 5) is 10.6. The number of carbonyl (C=O) groups is 1. The monoisotopic (exact) mass is 256 g/mol. The molecule has 0 aromatic heterocycles. The van der Waals surface area contributed by atoms with Gasteiger partial charge in [0.25, 0.3) is 0 Å². The van der Waals surface area contributed by atoms with Gasteiger partial charge in [0.15, 0.2) is 0 Å². The van der Waals surface area contributed by atoms with Crippen molar-refractivity contribution >= 4 is 28.7 Å².